The van der Waals surface area contributed by atoms with Crippen LogP contribution < -0.4 is 9.64 Å². The van der Waals surface area contributed by atoms with Crippen molar-refractivity contribution in [3.05, 3.63) is 57.5 Å². The Balaban J connectivity index is 1.84. The van der Waals surface area contributed by atoms with Crippen molar-refractivity contribution in [3.63, 3.8) is 0 Å². The molecule has 0 spiro atoms. The molecule has 1 fully saturated rings. The van der Waals surface area contributed by atoms with Gasteiger partial charge in [-0.2, -0.15) is 0 Å². The molecule has 136 valence electrons. The highest BCUT2D eigenvalue weighted by molar-refractivity contribution is 9.10. The number of nitrogens with zero attached hydrogens (tertiary/aromatic N) is 2. The molecule has 0 N–H and O–H groups in total. The summed E-state index contributed by atoms with van der Waals surface area (Å²) in [6.07, 6.45) is 0. The summed E-state index contributed by atoms with van der Waals surface area (Å²) in [6, 6.07) is 11.7. The first-order valence-corrected chi connectivity index (χ1v) is 9.31. The van der Waals surface area contributed by atoms with Gasteiger partial charge in [0, 0.05) is 28.1 Å². The Morgan fingerprint density at radius 3 is 2.54 bits per heavy atom. The summed E-state index contributed by atoms with van der Waals surface area (Å²) in [4.78, 5) is 28.9. The van der Waals surface area contributed by atoms with E-state index in [1.54, 1.807) is 54.2 Å². The maximum Gasteiger partial charge on any atom is 0.254 e. The molecule has 0 unspecified atom stereocenters. The average Bonchev–Trinajstić information content (AvgIpc) is 2.64. The van der Waals surface area contributed by atoms with Gasteiger partial charge in [-0.05, 0) is 49.4 Å². The molecule has 5 nitrogen and oxygen atoms in total. The van der Waals surface area contributed by atoms with Gasteiger partial charge in [0.2, 0.25) is 5.91 Å². The lowest BCUT2D eigenvalue weighted by atomic mass is 10.1. The molecule has 3 rings (SSSR count). The molecule has 0 aliphatic carbocycles. The van der Waals surface area contributed by atoms with Gasteiger partial charge in [0.1, 0.15) is 11.8 Å². The van der Waals surface area contributed by atoms with Crippen LogP contribution in [0.2, 0.25) is 5.02 Å². The molecule has 1 aliphatic heterocycles. The van der Waals surface area contributed by atoms with Crippen molar-refractivity contribution in [2.45, 2.75) is 13.0 Å². The van der Waals surface area contributed by atoms with Gasteiger partial charge >= 0.3 is 0 Å². The third-order valence-corrected chi connectivity index (χ3v) is 5.20. The van der Waals surface area contributed by atoms with E-state index >= 15 is 0 Å². The standard InChI is InChI=1S/C19H18BrClN2O3/c1-12-18(24)23(16-11-15(21)7-8-17(16)26-2)10-9-22(12)19(25)13-3-5-14(20)6-4-13/h3-8,11-12H,9-10H2,1-2H3/t12-/m1/s1. The van der Waals surface area contributed by atoms with Crippen molar-refractivity contribution in [1.29, 1.82) is 0 Å². The van der Waals surface area contributed by atoms with E-state index in [2.05, 4.69) is 15.9 Å². The lowest BCUT2D eigenvalue weighted by molar-refractivity contribution is -0.124. The molecule has 1 aliphatic rings. The van der Waals surface area contributed by atoms with Crippen LogP contribution in [0, 0.1) is 0 Å². The second kappa shape index (κ2) is 7.68. The zero-order valence-electron chi connectivity index (χ0n) is 14.4. The zero-order chi connectivity index (χ0) is 18.8. The Bertz CT molecular complexity index is 841. The van der Waals surface area contributed by atoms with Crippen LogP contribution in [0.5, 0.6) is 5.75 Å². The minimum absolute atomic E-state index is 0.156. The number of methoxy groups -OCH3 is 1. The molecule has 0 saturated carbocycles. The minimum Gasteiger partial charge on any atom is -0.495 e. The summed E-state index contributed by atoms with van der Waals surface area (Å²) in [5.41, 5.74) is 1.18. The first-order chi connectivity index (χ1) is 12.4. The SMILES string of the molecule is COc1ccc(Cl)cc1N1CCN(C(=O)c2ccc(Br)cc2)[C@H](C)C1=O. The van der Waals surface area contributed by atoms with E-state index in [-0.39, 0.29) is 11.8 Å². The number of benzene rings is 2. The molecule has 7 heteroatoms. The van der Waals surface area contributed by atoms with E-state index < -0.39 is 6.04 Å². The van der Waals surface area contributed by atoms with E-state index in [0.29, 0.717) is 35.1 Å². The van der Waals surface area contributed by atoms with Gasteiger partial charge in [-0.3, -0.25) is 9.59 Å². The highest BCUT2D eigenvalue weighted by Crippen LogP contribution is 2.33. The number of amides is 2. The number of hydrogen-bond acceptors (Lipinski definition) is 3. The van der Waals surface area contributed by atoms with Crippen molar-refractivity contribution in [1.82, 2.24) is 4.90 Å². The van der Waals surface area contributed by atoms with E-state index in [9.17, 15) is 9.59 Å². The highest BCUT2D eigenvalue weighted by Gasteiger charge is 2.36. The summed E-state index contributed by atoms with van der Waals surface area (Å²) >= 11 is 9.44. The number of ether oxygens (including phenoxy) is 1. The quantitative estimate of drug-likeness (QED) is 0.729. The van der Waals surface area contributed by atoms with E-state index in [1.807, 2.05) is 12.1 Å². The van der Waals surface area contributed by atoms with Crippen LogP contribution >= 0.6 is 27.5 Å². The highest BCUT2D eigenvalue weighted by atomic mass is 79.9. The lowest BCUT2D eigenvalue weighted by Gasteiger charge is -2.39. The van der Waals surface area contributed by atoms with Gasteiger partial charge in [0.15, 0.2) is 0 Å². The Labute approximate surface area is 165 Å². The molecular formula is C19H18BrClN2O3. The largest absolute Gasteiger partial charge is 0.495 e. The Morgan fingerprint density at radius 1 is 1.19 bits per heavy atom. The van der Waals surface area contributed by atoms with Crippen molar-refractivity contribution >= 4 is 45.0 Å². The smallest absolute Gasteiger partial charge is 0.254 e. The van der Waals surface area contributed by atoms with Crippen LogP contribution in [-0.2, 0) is 4.79 Å². The summed E-state index contributed by atoms with van der Waals surface area (Å²) < 4.78 is 6.25. The van der Waals surface area contributed by atoms with E-state index in [0.717, 1.165) is 4.47 Å². The van der Waals surface area contributed by atoms with Gasteiger partial charge in [-0.15, -0.1) is 0 Å². The van der Waals surface area contributed by atoms with Crippen LogP contribution in [0.4, 0.5) is 5.69 Å². The van der Waals surface area contributed by atoms with E-state index in [1.165, 1.54) is 0 Å². The van der Waals surface area contributed by atoms with Crippen molar-refractivity contribution in [2.24, 2.45) is 0 Å². The van der Waals surface area contributed by atoms with E-state index in [4.69, 9.17) is 16.3 Å². The predicted molar refractivity (Wildman–Crippen MR) is 105 cm³/mol. The fourth-order valence-electron chi connectivity index (χ4n) is 3.02. The molecule has 2 aromatic rings. The van der Waals surface area contributed by atoms with Gasteiger partial charge in [0.05, 0.1) is 12.8 Å². The lowest BCUT2D eigenvalue weighted by Crippen LogP contribution is -2.57. The van der Waals surface area contributed by atoms with Crippen LogP contribution in [0.15, 0.2) is 46.9 Å². The molecular weight excluding hydrogens is 420 g/mol. The van der Waals surface area contributed by atoms with Crippen molar-refractivity contribution in [2.75, 3.05) is 25.1 Å². The average molecular weight is 438 g/mol. The Kier molecular flexibility index (Phi) is 5.53. The van der Waals surface area contributed by atoms with Crippen LogP contribution in [0.3, 0.4) is 0 Å². The number of anilines is 1. The first kappa shape index (κ1) is 18.7. The molecule has 1 saturated heterocycles. The van der Waals surface area contributed by atoms with Gasteiger partial charge < -0.3 is 14.5 Å². The number of carbonyl (C=O) groups is 2. The Morgan fingerprint density at radius 2 is 1.88 bits per heavy atom. The molecule has 0 aromatic heterocycles. The summed E-state index contributed by atoms with van der Waals surface area (Å²) in [5.74, 6) is 0.251. The summed E-state index contributed by atoms with van der Waals surface area (Å²) in [6.45, 7) is 2.54. The summed E-state index contributed by atoms with van der Waals surface area (Å²) in [5, 5.41) is 0.523. The second-order valence-corrected chi connectivity index (χ2v) is 7.34. The van der Waals surface area contributed by atoms with Crippen LogP contribution in [-0.4, -0.2) is 43.0 Å². The number of hydrogen-bond donors (Lipinski definition) is 0. The summed E-state index contributed by atoms with van der Waals surface area (Å²) in [7, 11) is 1.55. The maximum absolute atomic E-state index is 12.9. The van der Waals surface area contributed by atoms with Gasteiger partial charge in [-0.1, -0.05) is 27.5 Å². The number of carbonyl (C=O) groups excluding carboxylic acids is 2. The third kappa shape index (κ3) is 3.57. The monoisotopic (exact) mass is 436 g/mol. The predicted octanol–water partition coefficient (Wildman–Crippen LogP) is 3.99. The Hall–Kier alpha value is -2.05. The molecule has 0 radical (unpaired) electrons. The molecule has 1 heterocycles. The van der Waals surface area contributed by atoms with Gasteiger partial charge in [-0.25, -0.2) is 0 Å². The minimum atomic E-state index is -0.580. The fourth-order valence-corrected chi connectivity index (χ4v) is 3.45. The van der Waals surface area contributed by atoms with Crippen molar-refractivity contribution < 1.29 is 14.3 Å². The number of halogens is 2. The number of rotatable bonds is 3. The third-order valence-electron chi connectivity index (χ3n) is 4.44. The number of piperazine rings is 1. The van der Waals surface area contributed by atoms with Crippen molar-refractivity contribution in [3.8, 4) is 5.75 Å². The molecule has 1 atom stereocenters. The zero-order valence-corrected chi connectivity index (χ0v) is 16.8. The molecule has 0 bridgehead atoms. The maximum atomic E-state index is 12.9. The van der Waals surface area contributed by atoms with Crippen LogP contribution in [0.25, 0.3) is 0 Å². The second-order valence-electron chi connectivity index (χ2n) is 5.99. The fraction of sp³-hybridized carbons (Fsp3) is 0.263. The van der Waals surface area contributed by atoms with Gasteiger partial charge in [0.25, 0.3) is 5.91 Å². The molecule has 26 heavy (non-hydrogen) atoms. The first-order valence-electron chi connectivity index (χ1n) is 8.14. The normalized spacial score (nSPS) is 17.4. The molecule has 2 aromatic carbocycles. The topological polar surface area (TPSA) is 49.9 Å². The van der Waals surface area contributed by atoms with Crippen LogP contribution in [0.1, 0.15) is 17.3 Å². The molecule has 2 amide bonds.